The number of hydrogen-bond donors (Lipinski definition) is 12. The molecule has 0 amide bonds. The summed E-state index contributed by atoms with van der Waals surface area (Å²) in [5, 5.41) is 132. The molecule has 4 aliphatic carbocycles. The molecule has 18 nitrogen and oxygen atoms in total. The molecule has 3 heterocycles. The van der Waals surface area contributed by atoms with Crippen LogP contribution in [0.25, 0.3) is 0 Å². The predicted molar refractivity (Wildman–Crippen MR) is 238 cm³/mol. The summed E-state index contributed by atoms with van der Waals surface area (Å²) in [4.78, 5) is 0. The van der Waals surface area contributed by atoms with E-state index in [1.807, 2.05) is 0 Å². The van der Waals surface area contributed by atoms with Gasteiger partial charge in [-0.1, -0.05) is 60.1 Å². The van der Waals surface area contributed by atoms with Crippen molar-refractivity contribution in [3.8, 4) is 0 Å². The van der Waals surface area contributed by atoms with Crippen molar-refractivity contribution in [2.75, 3.05) is 13.2 Å². The zero-order chi connectivity index (χ0) is 49.5. The summed E-state index contributed by atoms with van der Waals surface area (Å²) in [6.07, 6.45) is -17.3. The van der Waals surface area contributed by atoms with Gasteiger partial charge in [0.15, 0.2) is 18.9 Å². The number of rotatable bonds is 14. The van der Waals surface area contributed by atoms with E-state index < -0.39 is 129 Å². The van der Waals surface area contributed by atoms with E-state index >= 15 is 0 Å². The minimum absolute atomic E-state index is 0.0820. The fourth-order valence-corrected chi connectivity index (χ4v) is 14.2. The molecule has 0 spiro atoms. The molecule has 0 aromatic heterocycles. The first-order valence-corrected chi connectivity index (χ1v) is 24.9. The lowest BCUT2D eigenvalue weighted by Gasteiger charge is -2.67. The molecule has 388 valence electrons. The zero-order valence-electron chi connectivity index (χ0n) is 40.9. The first kappa shape index (κ1) is 53.8. The van der Waals surface area contributed by atoms with Crippen LogP contribution in [-0.2, 0) is 28.4 Å². The summed E-state index contributed by atoms with van der Waals surface area (Å²) < 4.78 is 35.9. The molecule has 3 saturated carbocycles. The third-order valence-corrected chi connectivity index (χ3v) is 18.9. The van der Waals surface area contributed by atoms with E-state index in [-0.39, 0.29) is 58.2 Å². The lowest BCUT2D eigenvalue weighted by molar-refractivity contribution is -0.380. The molecule has 12 N–H and O–H groups in total. The van der Waals surface area contributed by atoms with E-state index in [1.165, 1.54) is 5.57 Å². The van der Waals surface area contributed by atoms with Gasteiger partial charge in [0, 0.05) is 10.8 Å². The van der Waals surface area contributed by atoms with Crippen molar-refractivity contribution in [3.63, 3.8) is 0 Å². The van der Waals surface area contributed by atoms with Crippen molar-refractivity contribution in [3.05, 3.63) is 11.6 Å². The predicted octanol–water partition coefficient (Wildman–Crippen LogP) is 0.362. The van der Waals surface area contributed by atoms with Crippen LogP contribution in [0.3, 0.4) is 0 Å². The van der Waals surface area contributed by atoms with Crippen LogP contribution in [0.1, 0.15) is 120 Å². The molecule has 7 aliphatic rings. The van der Waals surface area contributed by atoms with Crippen LogP contribution in [0, 0.1) is 45.3 Å². The minimum Gasteiger partial charge on any atom is -0.394 e. The molecule has 0 bridgehead atoms. The highest BCUT2D eigenvalue weighted by molar-refractivity contribution is 5.31. The first-order chi connectivity index (χ1) is 31.2. The van der Waals surface area contributed by atoms with Crippen molar-refractivity contribution in [2.45, 2.75) is 236 Å². The van der Waals surface area contributed by atoms with E-state index in [4.69, 9.17) is 28.4 Å². The van der Waals surface area contributed by atoms with Crippen molar-refractivity contribution in [2.24, 2.45) is 45.3 Å². The average Bonchev–Trinajstić information content (AvgIpc) is 3.54. The topological polar surface area (TPSA) is 298 Å². The van der Waals surface area contributed by atoms with Crippen molar-refractivity contribution >= 4 is 0 Å². The van der Waals surface area contributed by atoms with Crippen LogP contribution in [0.4, 0.5) is 0 Å². The lowest BCUT2D eigenvalue weighted by atomic mass is 9.38. The third kappa shape index (κ3) is 9.26. The smallest absolute Gasteiger partial charge is 0.187 e. The maximum absolute atomic E-state index is 12.4. The Labute approximate surface area is 395 Å². The highest BCUT2D eigenvalue weighted by Gasteiger charge is 2.70. The fourth-order valence-electron chi connectivity index (χ4n) is 14.2. The van der Waals surface area contributed by atoms with Gasteiger partial charge >= 0.3 is 0 Å². The van der Waals surface area contributed by atoms with Gasteiger partial charge in [0.1, 0.15) is 67.1 Å². The number of fused-ring (bicyclic) bond motifs is 5. The van der Waals surface area contributed by atoms with E-state index in [1.54, 1.807) is 20.8 Å². The summed E-state index contributed by atoms with van der Waals surface area (Å²) in [7, 11) is 0. The maximum atomic E-state index is 12.4. The number of aliphatic hydroxyl groups excluding tert-OH is 11. The molecule has 3 aliphatic heterocycles. The number of hydrogen-bond acceptors (Lipinski definition) is 18. The van der Waals surface area contributed by atoms with Crippen LogP contribution in [0.15, 0.2) is 11.6 Å². The van der Waals surface area contributed by atoms with Gasteiger partial charge in [0.25, 0.3) is 0 Å². The largest absolute Gasteiger partial charge is 0.394 e. The van der Waals surface area contributed by atoms with Crippen LogP contribution in [0.2, 0.25) is 0 Å². The molecular weight excluding hydrogens is 877 g/mol. The summed E-state index contributed by atoms with van der Waals surface area (Å²) in [5.74, 6) is 0.731. The molecule has 3 saturated heterocycles. The van der Waals surface area contributed by atoms with Gasteiger partial charge in [-0.15, -0.1) is 0 Å². The molecule has 7 rings (SSSR count). The summed E-state index contributed by atoms with van der Waals surface area (Å²) in [6.45, 7) is 17.1. The maximum Gasteiger partial charge on any atom is 0.187 e. The quantitative estimate of drug-likeness (QED) is 0.105. The average molecular weight is 961 g/mol. The van der Waals surface area contributed by atoms with Gasteiger partial charge in [0.2, 0.25) is 0 Å². The van der Waals surface area contributed by atoms with Gasteiger partial charge in [-0.3, -0.25) is 0 Å². The number of aliphatic hydroxyl groups is 12. The Morgan fingerprint density at radius 3 is 1.93 bits per heavy atom. The van der Waals surface area contributed by atoms with Crippen molar-refractivity contribution < 1.29 is 89.7 Å². The van der Waals surface area contributed by atoms with E-state index in [9.17, 15) is 61.3 Å². The molecule has 0 aromatic carbocycles. The van der Waals surface area contributed by atoms with E-state index in [0.29, 0.717) is 19.3 Å². The van der Waals surface area contributed by atoms with Crippen LogP contribution in [0.5, 0.6) is 0 Å². The molecule has 25 atom stereocenters. The number of allylic oxidation sites excluding steroid dienone is 1. The Bertz CT molecular complexity index is 1710. The Hall–Kier alpha value is -0.980. The zero-order valence-corrected chi connectivity index (χ0v) is 40.9. The SMILES string of the molecule is CCC1OC(OCC2OC(OC(CCC(C)C3CCC4(C)C5CC=C6C(CCC(O)C6(C)C)C5(C)C(O)CC34C)C(C)(C)O)C(OC3OC(CO)C(O)C(O)C3O)C(O)C2O)C(O)C(O)C1O. The van der Waals surface area contributed by atoms with Gasteiger partial charge in [-0.2, -0.15) is 0 Å². The van der Waals surface area contributed by atoms with Crippen molar-refractivity contribution in [1.29, 1.82) is 0 Å². The standard InChI is InChI=1S/C49H84O18/c1-10-26-33(53)36(56)39(59)42(63-26)62-21-28-35(55)38(58)41(67-43-40(60)37(57)34(54)27(20-50)64-43)44(65-28)66-32(46(5,6)61)16-11-22(2)23-17-18-47(7)29-14-12-24-25(13-15-30(51)45(24,3)4)49(29,9)31(52)19-48(23,47)8/h12,22-23,25-44,50-61H,10-11,13-21H2,1-9H3. The lowest BCUT2D eigenvalue weighted by Crippen LogP contribution is -2.65. The molecule has 67 heavy (non-hydrogen) atoms. The van der Waals surface area contributed by atoms with Gasteiger partial charge in [-0.25, -0.2) is 0 Å². The van der Waals surface area contributed by atoms with Crippen LogP contribution < -0.4 is 0 Å². The second-order valence-electron chi connectivity index (χ2n) is 23.3. The second kappa shape index (κ2) is 19.8. The fraction of sp³-hybridized carbons (Fsp3) is 0.959. The molecule has 6 fully saturated rings. The minimum atomic E-state index is -1.88. The summed E-state index contributed by atoms with van der Waals surface area (Å²) >= 11 is 0. The Morgan fingerprint density at radius 2 is 1.30 bits per heavy atom. The second-order valence-corrected chi connectivity index (χ2v) is 23.3. The summed E-state index contributed by atoms with van der Waals surface area (Å²) in [6, 6.07) is 0. The van der Waals surface area contributed by atoms with E-state index in [0.717, 1.165) is 25.7 Å². The van der Waals surface area contributed by atoms with Crippen LogP contribution in [-0.4, -0.2) is 191 Å². The molecule has 0 radical (unpaired) electrons. The normalized spacial score (nSPS) is 51.0. The summed E-state index contributed by atoms with van der Waals surface area (Å²) in [5.41, 5.74) is -1.24. The first-order valence-electron chi connectivity index (χ1n) is 24.9. The Kier molecular flexibility index (Phi) is 15.9. The molecule has 25 unspecified atom stereocenters. The highest BCUT2D eigenvalue weighted by atomic mass is 16.8. The highest BCUT2D eigenvalue weighted by Crippen LogP contribution is 2.75. The molecular formula is C49H84O18. The number of ether oxygens (including phenoxy) is 6. The Morgan fingerprint density at radius 1 is 0.701 bits per heavy atom. The third-order valence-electron chi connectivity index (χ3n) is 18.9. The van der Waals surface area contributed by atoms with Gasteiger partial charge in [0.05, 0.1) is 43.2 Å². The van der Waals surface area contributed by atoms with E-state index in [2.05, 4.69) is 47.6 Å². The molecule has 18 heteroatoms. The Balaban J connectivity index is 1.10. The van der Waals surface area contributed by atoms with Crippen molar-refractivity contribution in [1.82, 2.24) is 0 Å². The molecule has 0 aromatic rings. The van der Waals surface area contributed by atoms with Crippen LogP contribution >= 0.6 is 0 Å². The van der Waals surface area contributed by atoms with Gasteiger partial charge < -0.3 is 89.7 Å². The van der Waals surface area contributed by atoms with Gasteiger partial charge in [-0.05, 0) is 106 Å². The monoisotopic (exact) mass is 961 g/mol.